The van der Waals surface area contributed by atoms with E-state index in [-0.39, 0.29) is 10.8 Å². The van der Waals surface area contributed by atoms with Crippen LogP contribution in [0.5, 0.6) is 0 Å². The number of carbonyl (C=O) groups excluding carboxylic acids is 1. The highest BCUT2D eigenvalue weighted by molar-refractivity contribution is 7.89. The Morgan fingerprint density at radius 1 is 1.13 bits per heavy atom. The van der Waals surface area contributed by atoms with Crippen molar-refractivity contribution in [1.82, 2.24) is 14.2 Å². The van der Waals surface area contributed by atoms with Crippen LogP contribution in [-0.4, -0.2) is 43.8 Å². The van der Waals surface area contributed by atoms with Crippen molar-refractivity contribution >= 4 is 15.9 Å². The highest BCUT2D eigenvalue weighted by atomic mass is 32.2. The Hall–Kier alpha value is -2.12. The van der Waals surface area contributed by atoms with Crippen LogP contribution in [0.4, 0.5) is 0 Å². The third-order valence-electron chi connectivity index (χ3n) is 3.44. The van der Waals surface area contributed by atoms with Crippen LogP contribution in [0.1, 0.15) is 16.8 Å². The molecule has 7 heteroatoms. The average molecular weight is 335 g/mol. The van der Waals surface area contributed by atoms with E-state index < -0.39 is 10.0 Å². The molecule has 0 unspecified atom stereocenters. The van der Waals surface area contributed by atoms with Gasteiger partial charge in [-0.05, 0) is 42.8 Å². The Kier molecular flexibility index (Phi) is 5.57. The van der Waals surface area contributed by atoms with E-state index in [4.69, 9.17) is 0 Å². The van der Waals surface area contributed by atoms with Gasteiger partial charge in [0.2, 0.25) is 10.0 Å². The molecular weight excluding hydrogens is 314 g/mol. The summed E-state index contributed by atoms with van der Waals surface area (Å²) < 4.78 is 27.1. The highest BCUT2D eigenvalue weighted by Gasteiger charge is 2.17. The standard InChI is InChI=1S/C16H21N3O3S/c1-18(2)23(21,22)15-8-6-14(7-9-15)16(20)17-10-5-13-19-11-3-4-12-19/h3-4,6-9,11-12H,5,10,13H2,1-2H3,(H,17,20). The van der Waals surface area contributed by atoms with Crippen LogP contribution in [-0.2, 0) is 16.6 Å². The van der Waals surface area contributed by atoms with Crippen LogP contribution in [0.2, 0.25) is 0 Å². The number of nitrogens with zero attached hydrogens (tertiary/aromatic N) is 2. The number of hydrogen-bond donors (Lipinski definition) is 1. The van der Waals surface area contributed by atoms with Gasteiger partial charge in [0, 0.05) is 45.1 Å². The maximum atomic E-state index is 12.0. The third kappa shape index (κ3) is 4.43. The van der Waals surface area contributed by atoms with Crippen LogP contribution < -0.4 is 5.32 Å². The maximum Gasteiger partial charge on any atom is 0.251 e. The third-order valence-corrected chi connectivity index (χ3v) is 5.27. The molecule has 0 aliphatic heterocycles. The molecule has 6 nitrogen and oxygen atoms in total. The minimum Gasteiger partial charge on any atom is -0.354 e. The molecule has 124 valence electrons. The Balaban J connectivity index is 1.88. The molecule has 1 aromatic heterocycles. The predicted octanol–water partition coefficient (Wildman–Crippen LogP) is 1.56. The summed E-state index contributed by atoms with van der Waals surface area (Å²) >= 11 is 0. The van der Waals surface area contributed by atoms with Gasteiger partial charge in [0.25, 0.3) is 5.91 Å². The summed E-state index contributed by atoms with van der Waals surface area (Å²) in [5, 5.41) is 2.83. The Labute approximate surface area is 136 Å². The fraction of sp³-hybridized carbons (Fsp3) is 0.312. The molecule has 0 bridgehead atoms. The van der Waals surface area contributed by atoms with Crippen LogP contribution in [0.3, 0.4) is 0 Å². The van der Waals surface area contributed by atoms with Gasteiger partial charge in [0.15, 0.2) is 0 Å². The first-order valence-electron chi connectivity index (χ1n) is 7.33. The Morgan fingerprint density at radius 2 is 1.74 bits per heavy atom. The molecule has 0 spiro atoms. The lowest BCUT2D eigenvalue weighted by Crippen LogP contribution is -2.25. The molecular formula is C16H21N3O3S. The van der Waals surface area contributed by atoms with E-state index >= 15 is 0 Å². The topological polar surface area (TPSA) is 71.4 Å². The second-order valence-electron chi connectivity index (χ2n) is 5.34. The average Bonchev–Trinajstić information content (AvgIpc) is 3.04. The molecule has 2 rings (SSSR count). The van der Waals surface area contributed by atoms with Crippen LogP contribution in [0, 0.1) is 0 Å². The van der Waals surface area contributed by atoms with E-state index in [1.165, 1.54) is 38.4 Å². The lowest BCUT2D eigenvalue weighted by Gasteiger charge is -2.11. The minimum atomic E-state index is -3.47. The van der Waals surface area contributed by atoms with Crippen molar-refractivity contribution in [2.24, 2.45) is 0 Å². The summed E-state index contributed by atoms with van der Waals surface area (Å²) in [6.07, 6.45) is 4.78. The van der Waals surface area contributed by atoms with E-state index in [9.17, 15) is 13.2 Å². The number of carbonyl (C=O) groups is 1. The molecule has 0 saturated heterocycles. The second-order valence-corrected chi connectivity index (χ2v) is 7.49. The number of aryl methyl sites for hydroxylation is 1. The molecule has 0 aliphatic carbocycles. The summed E-state index contributed by atoms with van der Waals surface area (Å²) in [4.78, 5) is 12.2. The SMILES string of the molecule is CN(C)S(=O)(=O)c1ccc(C(=O)NCCCn2cccc2)cc1. The predicted molar refractivity (Wildman–Crippen MR) is 88.7 cm³/mol. The summed E-state index contributed by atoms with van der Waals surface area (Å²) in [7, 11) is -0.521. The van der Waals surface area contributed by atoms with Gasteiger partial charge in [0.05, 0.1) is 4.90 Å². The van der Waals surface area contributed by atoms with Gasteiger partial charge in [-0.3, -0.25) is 4.79 Å². The first-order valence-corrected chi connectivity index (χ1v) is 8.77. The summed E-state index contributed by atoms with van der Waals surface area (Å²) in [6.45, 7) is 1.40. The normalized spacial score (nSPS) is 11.6. The second kappa shape index (κ2) is 7.43. The van der Waals surface area contributed by atoms with Crippen molar-refractivity contribution in [2.45, 2.75) is 17.9 Å². The number of benzene rings is 1. The van der Waals surface area contributed by atoms with E-state index in [0.717, 1.165) is 17.3 Å². The van der Waals surface area contributed by atoms with E-state index in [0.29, 0.717) is 12.1 Å². The molecule has 1 aromatic carbocycles. The number of amides is 1. The summed E-state index contributed by atoms with van der Waals surface area (Å²) in [6, 6.07) is 9.87. The molecule has 0 aliphatic rings. The van der Waals surface area contributed by atoms with E-state index in [1.807, 2.05) is 29.1 Å². The maximum absolute atomic E-state index is 12.0. The van der Waals surface area contributed by atoms with Crippen molar-refractivity contribution in [3.63, 3.8) is 0 Å². The summed E-state index contributed by atoms with van der Waals surface area (Å²) in [5.74, 6) is -0.202. The lowest BCUT2D eigenvalue weighted by molar-refractivity contribution is 0.0952. The van der Waals surface area contributed by atoms with E-state index in [2.05, 4.69) is 5.32 Å². The number of hydrogen-bond acceptors (Lipinski definition) is 3. The molecule has 1 N–H and O–H groups in total. The first kappa shape index (κ1) is 17.2. The molecule has 2 aromatic rings. The number of sulfonamides is 1. The Morgan fingerprint density at radius 3 is 2.30 bits per heavy atom. The van der Waals surface area contributed by atoms with Crippen LogP contribution in [0.25, 0.3) is 0 Å². The molecule has 1 heterocycles. The number of aromatic nitrogens is 1. The highest BCUT2D eigenvalue weighted by Crippen LogP contribution is 2.13. The monoisotopic (exact) mass is 335 g/mol. The number of rotatable bonds is 7. The fourth-order valence-electron chi connectivity index (χ4n) is 2.07. The lowest BCUT2D eigenvalue weighted by atomic mass is 10.2. The van der Waals surface area contributed by atoms with Gasteiger partial charge in [0.1, 0.15) is 0 Å². The summed E-state index contributed by atoms with van der Waals surface area (Å²) in [5.41, 5.74) is 0.448. The molecule has 0 saturated carbocycles. The molecule has 0 atom stereocenters. The van der Waals surface area contributed by atoms with Crippen molar-refractivity contribution in [1.29, 1.82) is 0 Å². The fourth-order valence-corrected chi connectivity index (χ4v) is 2.98. The largest absolute Gasteiger partial charge is 0.354 e. The van der Waals surface area contributed by atoms with Crippen LogP contribution in [0.15, 0.2) is 53.7 Å². The molecule has 0 fully saturated rings. The quantitative estimate of drug-likeness (QED) is 0.781. The van der Waals surface area contributed by atoms with Gasteiger partial charge in [-0.25, -0.2) is 12.7 Å². The van der Waals surface area contributed by atoms with Gasteiger partial charge >= 0.3 is 0 Å². The van der Waals surface area contributed by atoms with Gasteiger partial charge in [-0.15, -0.1) is 0 Å². The zero-order valence-corrected chi connectivity index (χ0v) is 14.1. The minimum absolute atomic E-state index is 0.173. The smallest absolute Gasteiger partial charge is 0.251 e. The van der Waals surface area contributed by atoms with Crippen molar-refractivity contribution in [2.75, 3.05) is 20.6 Å². The van der Waals surface area contributed by atoms with Crippen molar-refractivity contribution in [3.8, 4) is 0 Å². The zero-order chi connectivity index (χ0) is 16.9. The van der Waals surface area contributed by atoms with Gasteiger partial charge in [-0.2, -0.15) is 0 Å². The first-order chi connectivity index (χ1) is 10.9. The number of nitrogens with one attached hydrogen (secondary N) is 1. The van der Waals surface area contributed by atoms with E-state index in [1.54, 1.807) is 0 Å². The van der Waals surface area contributed by atoms with Gasteiger partial charge in [-0.1, -0.05) is 0 Å². The zero-order valence-electron chi connectivity index (χ0n) is 13.3. The molecule has 23 heavy (non-hydrogen) atoms. The van der Waals surface area contributed by atoms with Crippen LogP contribution >= 0.6 is 0 Å². The van der Waals surface area contributed by atoms with Crippen molar-refractivity contribution < 1.29 is 13.2 Å². The molecule has 1 amide bonds. The van der Waals surface area contributed by atoms with Gasteiger partial charge < -0.3 is 9.88 Å². The molecule has 0 radical (unpaired) electrons. The Bertz CT molecular complexity index is 735. The van der Waals surface area contributed by atoms with Crippen molar-refractivity contribution in [3.05, 3.63) is 54.4 Å².